The van der Waals surface area contributed by atoms with Crippen molar-refractivity contribution in [3.8, 4) is 40.7 Å². The van der Waals surface area contributed by atoms with Crippen molar-refractivity contribution in [1.29, 1.82) is 15.8 Å². The highest BCUT2D eigenvalue weighted by Crippen LogP contribution is 2.40. The molecule has 2 aromatic heterocycles. The summed E-state index contributed by atoms with van der Waals surface area (Å²) < 4.78 is 4.24. The van der Waals surface area contributed by atoms with Gasteiger partial charge in [0.15, 0.2) is 0 Å². The number of rotatable bonds is 3. The predicted molar refractivity (Wildman–Crippen MR) is 175 cm³/mol. The van der Waals surface area contributed by atoms with Crippen molar-refractivity contribution in [2.75, 3.05) is 0 Å². The Balaban J connectivity index is 1.44. The first-order valence-electron chi connectivity index (χ1n) is 14.2. The molecule has 0 atom stereocenters. The number of nitrogens with zero attached hydrogens (tertiary/aromatic N) is 5. The first kappa shape index (κ1) is 25.1. The van der Waals surface area contributed by atoms with Gasteiger partial charge in [-0.1, -0.05) is 78.9 Å². The Morgan fingerprint density at radius 3 is 1.39 bits per heavy atom. The van der Waals surface area contributed by atoms with Gasteiger partial charge in [0, 0.05) is 27.1 Å². The number of aromatic nitrogens is 2. The molecule has 202 valence electrons. The Hall–Kier alpha value is -6.61. The number of hydrogen-bond acceptors (Lipinski definition) is 3. The molecule has 0 unspecified atom stereocenters. The van der Waals surface area contributed by atoms with E-state index in [1.807, 2.05) is 84.9 Å². The summed E-state index contributed by atoms with van der Waals surface area (Å²) in [6, 6.07) is 49.0. The van der Waals surface area contributed by atoms with Crippen LogP contribution in [0.4, 0.5) is 0 Å². The van der Waals surface area contributed by atoms with Crippen molar-refractivity contribution in [3.63, 3.8) is 0 Å². The summed E-state index contributed by atoms with van der Waals surface area (Å²) in [5, 5.41) is 35.2. The molecule has 0 amide bonds. The van der Waals surface area contributed by atoms with E-state index < -0.39 is 0 Å². The Morgan fingerprint density at radius 2 is 0.909 bits per heavy atom. The molecule has 5 nitrogen and oxygen atoms in total. The summed E-state index contributed by atoms with van der Waals surface area (Å²) >= 11 is 0. The third-order valence-electron chi connectivity index (χ3n) is 8.41. The summed E-state index contributed by atoms with van der Waals surface area (Å²) in [5.41, 5.74) is 8.10. The molecule has 2 heterocycles. The molecule has 8 aromatic rings. The van der Waals surface area contributed by atoms with Gasteiger partial charge in [0.25, 0.3) is 0 Å². The van der Waals surface area contributed by atoms with E-state index in [4.69, 9.17) is 0 Å². The van der Waals surface area contributed by atoms with Crippen LogP contribution in [0.2, 0.25) is 0 Å². The molecule has 6 aromatic carbocycles. The van der Waals surface area contributed by atoms with Gasteiger partial charge in [-0.2, -0.15) is 15.8 Å². The average molecular weight is 560 g/mol. The Kier molecular flexibility index (Phi) is 5.56. The molecular formula is C39H21N5. The molecule has 0 saturated carbocycles. The molecular weight excluding hydrogens is 538 g/mol. The highest BCUT2D eigenvalue weighted by molar-refractivity contribution is 6.11. The van der Waals surface area contributed by atoms with Gasteiger partial charge in [-0.05, 0) is 54.1 Å². The lowest BCUT2D eigenvalue weighted by molar-refractivity contribution is 1.16. The second kappa shape index (κ2) is 9.74. The molecule has 0 aliphatic heterocycles. The zero-order valence-electron chi connectivity index (χ0n) is 23.4. The second-order valence-corrected chi connectivity index (χ2v) is 10.7. The van der Waals surface area contributed by atoms with Crippen LogP contribution in [0.25, 0.3) is 66.1 Å². The molecule has 44 heavy (non-hydrogen) atoms. The minimum absolute atomic E-state index is 0.381. The summed E-state index contributed by atoms with van der Waals surface area (Å²) in [5.74, 6) is 0. The fourth-order valence-corrected chi connectivity index (χ4v) is 6.58. The normalized spacial score (nSPS) is 11.1. The van der Waals surface area contributed by atoms with E-state index in [0.29, 0.717) is 27.9 Å². The molecule has 0 spiro atoms. The number of benzene rings is 6. The van der Waals surface area contributed by atoms with Crippen LogP contribution >= 0.6 is 0 Å². The van der Waals surface area contributed by atoms with Gasteiger partial charge in [-0.25, -0.2) is 0 Å². The van der Waals surface area contributed by atoms with Crippen molar-refractivity contribution < 1.29 is 0 Å². The fraction of sp³-hybridized carbons (Fsp3) is 0. The first-order valence-corrected chi connectivity index (χ1v) is 14.2. The van der Waals surface area contributed by atoms with Gasteiger partial charge < -0.3 is 9.13 Å². The van der Waals surface area contributed by atoms with Crippen LogP contribution in [0, 0.1) is 34.0 Å². The van der Waals surface area contributed by atoms with Crippen molar-refractivity contribution in [2.45, 2.75) is 0 Å². The molecule has 5 heteroatoms. The second-order valence-electron chi connectivity index (χ2n) is 10.7. The van der Waals surface area contributed by atoms with Crippen LogP contribution in [0.15, 0.2) is 127 Å². The lowest BCUT2D eigenvalue weighted by Gasteiger charge is -2.18. The Bertz CT molecular complexity index is 2490. The maximum Gasteiger partial charge on any atom is 0.101 e. The SMILES string of the molecule is N#Cc1cc(C#N)c(-n2c3ccccc3c3ccccc32)c(-c2ccc(-n3c4ccccc4c4ccccc43)c(C#N)c2)c1. The van der Waals surface area contributed by atoms with Crippen LogP contribution in [0.5, 0.6) is 0 Å². The summed E-state index contributed by atoms with van der Waals surface area (Å²) in [6.45, 7) is 0. The number of para-hydroxylation sites is 4. The predicted octanol–water partition coefficient (Wildman–Crippen LogP) is 9.16. The highest BCUT2D eigenvalue weighted by Gasteiger charge is 2.21. The van der Waals surface area contributed by atoms with Crippen LogP contribution in [-0.4, -0.2) is 9.13 Å². The van der Waals surface area contributed by atoms with Gasteiger partial charge in [-0.15, -0.1) is 0 Å². The minimum atomic E-state index is 0.381. The van der Waals surface area contributed by atoms with Gasteiger partial charge >= 0.3 is 0 Å². The van der Waals surface area contributed by atoms with E-state index >= 15 is 0 Å². The molecule has 0 bridgehead atoms. The van der Waals surface area contributed by atoms with E-state index in [0.717, 1.165) is 54.9 Å². The van der Waals surface area contributed by atoms with Gasteiger partial charge in [0.05, 0.1) is 56.2 Å². The highest BCUT2D eigenvalue weighted by atomic mass is 15.0. The lowest BCUT2D eigenvalue weighted by Crippen LogP contribution is -2.03. The van der Waals surface area contributed by atoms with Crippen LogP contribution < -0.4 is 0 Å². The van der Waals surface area contributed by atoms with E-state index in [-0.39, 0.29) is 0 Å². The van der Waals surface area contributed by atoms with Gasteiger partial charge in [-0.3, -0.25) is 0 Å². The summed E-state index contributed by atoms with van der Waals surface area (Å²) in [4.78, 5) is 0. The standard InChI is InChI=1S/C39H21N5/c40-22-25-19-28(24-42)39(44-37-15-7-3-11-31(37)32-12-4-8-16-38(32)44)33(20-25)26-17-18-34(27(21-26)23-41)43-35-13-5-1-9-29(35)30-10-2-6-14-36(30)43/h1-21H. The summed E-state index contributed by atoms with van der Waals surface area (Å²) in [7, 11) is 0. The Morgan fingerprint density at radius 1 is 0.432 bits per heavy atom. The molecule has 0 N–H and O–H groups in total. The topological polar surface area (TPSA) is 81.2 Å². The lowest BCUT2D eigenvalue weighted by atomic mass is 9.95. The fourth-order valence-electron chi connectivity index (χ4n) is 6.58. The van der Waals surface area contributed by atoms with Crippen LogP contribution in [-0.2, 0) is 0 Å². The van der Waals surface area contributed by atoms with Crippen molar-refractivity contribution >= 4 is 43.6 Å². The molecule has 8 rings (SSSR count). The van der Waals surface area contributed by atoms with Crippen molar-refractivity contribution in [2.24, 2.45) is 0 Å². The van der Waals surface area contributed by atoms with E-state index in [1.165, 1.54) is 0 Å². The van der Waals surface area contributed by atoms with Gasteiger partial charge in [0.1, 0.15) is 12.1 Å². The van der Waals surface area contributed by atoms with Crippen LogP contribution in [0.1, 0.15) is 16.7 Å². The first-order chi connectivity index (χ1) is 21.7. The van der Waals surface area contributed by atoms with Crippen LogP contribution in [0.3, 0.4) is 0 Å². The zero-order chi connectivity index (χ0) is 29.8. The molecule has 0 fully saturated rings. The summed E-state index contributed by atoms with van der Waals surface area (Å²) in [6.07, 6.45) is 0. The third kappa shape index (κ3) is 3.56. The number of fused-ring (bicyclic) bond motifs is 6. The average Bonchev–Trinajstić information content (AvgIpc) is 3.60. The van der Waals surface area contributed by atoms with Crippen molar-refractivity contribution in [1.82, 2.24) is 9.13 Å². The largest absolute Gasteiger partial charge is 0.308 e. The van der Waals surface area contributed by atoms with E-state index in [9.17, 15) is 15.8 Å². The van der Waals surface area contributed by atoms with E-state index in [1.54, 1.807) is 6.07 Å². The molecule has 0 saturated heterocycles. The maximum atomic E-state index is 10.5. The van der Waals surface area contributed by atoms with Gasteiger partial charge in [0.2, 0.25) is 0 Å². The molecule has 0 radical (unpaired) electrons. The Labute approximate surface area is 252 Å². The third-order valence-corrected chi connectivity index (χ3v) is 8.41. The molecule has 0 aliphatic rings. The smallest absolute Gasteiger partial charge is 0.101 e. The maximum absolute atomic E-state index is 10.5. The zero-order valence-corrected chi connectivity index (χ0v) is 23.4. The quantitative estimate of drug-likeness (QED) is 0.216. The minimum Gasteiger partial charge on any atom is -0.308 e. The number of nitriles is 3. The monoisotopic (exact) mass is 559 g/mol. The van der Waals surface area contributed by atoms with Crippen molar-refractivity contribution in [3.05, 3.63) is 144 Å². The number of hydrogen-bond donors (Lipinski definition) is 0. The molecule has 0 aliphatic carbocycles. The van der Waals surface area contributed by atoms with E-state index in [2.05, 4.69) is 63.7 Å².